The number of nitrogens with two attached hydrogens (primary N) is 1. The lowest BCUT2D eigenvalue weighted by Gasteiger charge is -2.24. The fourth-order valence-corrected chi connectivity index (χ4v) is 2.81. The van der Waals surface area contributed by atoms with Gasteiger partial charge in [0, 0.05) is 22.3 Å². The van der Waals surface area contributed by atoms with E-state index in [1.54, 1.807) is 0 Å². The maximum absolute atomic E-state index is 11.6. The molecular formula is C14H16BrN3O. The number of carbonyl (C=O) groups is 1. The zero-order valence-corrected chi connectivity index (χ0v) is 12.3. The predicted molar refractivity (Wildman–Crippen MR) is 81.0 cm³/mol. The Labute approximate surface area is 121 Å². The van der Waals surface area contributed by atoms with Crippen LogP contribution in [-0.4, -0.2) is 19.0 Å². The number of halogens is 1. The van der Waals surface area contributed by atoms with Crippen LogP contribution in [0.4, 0.5) is 11.4 Å². The van der Waals surface area contributed by atoms with E-state index >= 15 is 0 Å². The number of nitrogens with one attached hydrogen (secondary N) is 1. The summed E-state index contributed by atoms with van der Waals surface area (Å²) in [6.45, 7) is 3.50. The first-order chi connectivity index (χ1) is 9.08. The standard InChI is InChI=1S/C14H16BrN3O/c1-3-5-18(6-4-2)12-8-11-9(7-10(12)15)13(16)14(19)17-11/h1,7-8,13H,4-6,16H2,2H3,(H,17,19). The van der Waals surface area contributed by atoms with Gasteiger partial charge in [0.1, 0.15) is 6.04 Å². The molecule has 100 valence electrons. The first kappa shape index (κ1) is 13.9. The van der Waals surface area contributed by atoms with Crippen LogP contribution >= 0.6 is 15.9 Å². The number of amides is 1. The van der Waals surface area contributed by atoms with Gasteiger partial charge >= 0.3 is 0 Å². The summed E-state index contributed by atoms with van der Waals surface area (Å²) < 4.78 is 0.905. The van der Waals surface area contributed by atoms with Crippen molar-refractivity contribution in [2.45, 2.75) is 19.4 Å². The number of benzene rings is 1. The maximum atomic E-state index is 11.6. The SMILES string of the molecule is C#CCN(CCC)c1cc2c(cc1Br)C(N)C(=O)N2. The molecule has 1 aromatic carbocycles. The van der Waals surface area contributed by atoms with E-state index in [9.17, 15) is 4.79 Å². The van der Waals surface area contributed by atoms with Crippen molar-refractivity contribution in [1.82, 2.24) is 0 Å². The summed E-state index contributed by atoms with van der Waals surface area (Å²) in [5.41, 5.74) is 8.39. The van der Waals surface area contributed by atoms with Gasteiger partial charge in [-0.2, -0.15) is 0 Å². The Bertz CT molecular complexity index is 550. The van der Waals surface area contributed by atoms with Crippen molar-refractivity contribution >= 4 is 33.2 Å². The highest BCUT2D eigenvalue weighted by molar-refractivity contribution is 9.10. The van der Waals surface area contributed by atoms with Crippen molar-refractivity contribution in [3.05, 3.63) is 22.2 Å². The molecule has 1 unspecified atom stereocenters. The lowest BCUT2D eigenvalue weighted by Crippen LogP contribution is -2.24. The molecule has 1 heterocycles. The molecule has 0 bridgehead atoms. The number of carbonyl (C=O) groups excluding carboxylic acids is 1. The molecule has 0 aromatic heterocycles. The highest BCUT2D eigenvalue weighted by Crippen LogP contribution is 2.38. The summed E-state index contributed by atoms with van der Waals surface area (Å²) in [6, 6.07) is 3.23. The Kier molecular flexibility index (Phi) is 4.13. The molecule has 0 aliphatic carbocycles. The van der Waals surface area contributed by atoms with E-state index in [1.807, 2.05) is 12.1 Å². The second-order valence-corrected chi connectivity index (χ2v) is 5.34. The molecular weight excluding hydrogens is 306 g/mol. The van der Waals surface area contributed by atoms with Crippen molar-refractivity contribution in [2.75, 3.05) is 23.3 Å². The largest absolute Gasteiger partial charge is 0.359 e. The highest BCUT2D eigenvalue weighted by Gasteiger charge is 2.28. The molecule has 1 aliphatic heterocycles. The van der Waals surface area contributed by atoms with Crippen LogP contribution in [0.3, 0.4) is 0 Å². The normalized spacial score (nSPS) is 16.7. The molecule has 0 saturated carbocycles. The molecule has 19 heavy (non-hydrogen) atoms. The molecule has 3 N–H and O–H groups in total. The molecule has 1 atom stereocenters. The smallest absolute Gasteiger partial charge is 0.245 e. The minimum atomic E-state index is -0.590. The average molecular weight is 322 g/mol. The molecule has 1 aliphatic rings. The fourth-order valence-electron chi connectivity index (χ4n) is 2.20. The van der Waals surface area contributed by atoms with Gasteiger partial charge < -0.3 is 16.0 Å². The van der Waals surface area contributed by atoms with Crippen LogP contribution in [0, 0.1) is 12.3 Å². The second-order valence-electron chi connectivity index (χ2n) is 4.48. The van der Waals surface area contributed by atoms with Crippen LogP contribution in [0.25, 0.3) is 0 Å². The number of hydrogen-bond acceptors (Lipinski definition) is 3. The van der Waals surface area contributed by atoms with Gasteiger partial charge in [0.05, 0.1) is 12.2 Å². The van der Waals surface area contributed by atoms with E-state index in [2.05, 4.69) is 39.0 Å². The fraction of sp³-hybridized carbons (Fsp3) is 0.357. The van der Waals surface area contributed by atoms with E-state index < -0.39 is 6.04 Å². The molecule has 0 radical (unpaired) electrons. The first-order valence-electron chi connectivity index (χ1n) is 6.16. The number of nitrogens with zero attached hydrogens (tertiary/aromatic N) is 1. The third kappa shape index (κ3) is 2.60. The summed E-state index contributed by atoms with van der Waals surface area (Å²) in [7, 11) is 0. The van der Waals surface area contributed by atoms with Gasteiger partial charge in [-0.15, -0.1) is 6.42 Å². The summed E-state index contributed by atoms with van der Waals surface area (Å²) in [6.07, 6.45) is 6.40. The molecule has 2 rings (SSSR count). The summed E-state index contributed by atoms with van der Waals surface area (Å²) in [5, 5.41) is 2.79. The van der Waals surface area contributed by atoms with Gasteiger partial charge in [-0.3, -0.25) is 4.79 Å². The van der Waals surface area contributed by atoms with Crippen LogP contribution in [0.2, 0.25) is 0 Å². The van der Waals surface area contributed by atoms with Crippen LogP contribution in [0.1, 0.15) is 24.9 Å². The zero-order chi connectivity index (χ0) is 14.0. The van der Waals surface area contributed by atoms with Crippen LogP contribution in [0.5, 0.6) is 0 Å². The summed E-state index contributed by atoms with van der Waals surface area (Å²) >= 11 is 3.53. The molecule has 0 fully saturated rings. The van der Waals surface area contributed by atoms with E-state index in [4.69, 9.17) is 12.2 Å². The predicted octanol–water partition coefficient (Wildman–Crippen LogP) is 2.25. The van der Waals surface area contributed by atoms with Gasteiger partial charge in [-0.05, 0) is 34.5 Å². The number of fused-ring (bicyclic) bond motifs is 1. The van der Waals surface area contributed by atoms with Gasteiger partial charge in [-0.25, -0.2) is 0 Å². The van der Waals surface area contributed by atoms with Crippen molar-refractivity contribution in [2.24, 2.45) is 5.73 Å². The first-order valence-corrected chi connectivity index (χ1v) is 6.96. The van der Waals surface area contributed by atoms with Crippen LogP contribution < -0.4 is 16.0 Å². The molecule has 0 spiro atoms. The topological polar surface area (TPSA) is 58.4 Å². The van der Waals surface area contributed by atoms with Gasteiger partial charge in [-0.1, -0.05) is 12.8 Å². The number of terminal acetylenes is 1. The Morgan fingerprint density at radius 1 is 1.58 bits per heavy atom. The maximum Gasteiger partial charge on any atom is 0.245 e. The minimum Gasteiger partial charge on any atom is -0.359 e. The van der Waals surface area contributed by atoms with Crippen molar-refractivity contribution < 1.29 is 4.79 Å². The van der Waals surface area contributed by atoms with Gasteiger partial charge in [0.15, 0.2) is 0 Å². The second kappa shape index (κ2) is 5.64. The highest BCUT2D eigenvalue weighted by atomic mass is 79.9. The molecule has 1 amide bonds. The average Bonchev–Trinajstić information content (AvgIpc) is 2.64. The lowest BCUT2D eigenvalue weighted by molar-refractivity contribution is -0.116. The Hall–Kier alpha value is -1.51. The molecule has 5 heteroatoms. The zero-order valence-electron chi connectivity index (χ0n) is 10.7. The Morgan fingerprint density at radius 3 is 2.95 bits per heavy atom. The van der Waals surface area contributed by atoms with Crippen molar-refractivity contribution in [3.63, 3.8) is 0 Å². The van der Waals surface area contributed by atoms with Crippen LogP contribution in [-0.2, 0) is 4.79 Å². The molecule has 1 aromatic rings. The van der Waals surface area contributed by atoms with E-state index in [-0.39, 0.29) is 5.91 Å². The van der Waals surface area contributed by atoms with E-state index in [1.165, 1.54) is 0 Å². The van der Waals surface area contributed by atoms with Gasteiger partial charge in [0.2, 0.25) is 5.91 Å². The summed E-state index contributed by atoms with van der Waals surface area (Å²) in [4.78, 5) is 13.7. The van der Waals surface area contributed by atoms with Gasteiger partial charge in [0.25, 0.3) is 0 Å². The lowest BCUT2D eigenvalue weighted by atomic mass is 10.1. The monoisotopic (exact) mass is 321 g/mol. The van der Waals surface area contributed by atoms with Crippen molar-refractivity contribution in [1.29, 1.82) is 0 Å². The third-order valence-electron chi connectivity index (χ3n) is 3.11. The Morgan fingerprint density at radius 2 is 2.32 bits per heavy atom. The minimum absolute atomic E-state index is 0.168. The van der Waals surface area contributed by atoms with E-state index in [0.29, 0.717) is 6.54 Å². The van der Waals surface area contributed by atoms with Crippen LogP contribution in [0.15, 0.2) is 16.6 Å². The van der Waals surface area contributed by atoms with E-state index in [0.717, 1.165) is 34.4 Å². The molecule has 0 saturated heterocycles. The molecule has 4 nitrogen and oxygen atoms in total. The number of anilines is 2. The summed E-state index contributed by atoms with van der Waals surface area (Å²) in [5.74, 6) is 2.49. The number of hydrogen-bond donors (Lipinski definition) is 2. The van der Waals surface area contributed by atoms with Crippen molar-refractivity contribution in [3.8, 4) is 12.3 Å². The number of rotatable bonds is 4. The Balaban J connectivity index is 2.41. The third-order valence-corrected chi connectivity index (χ3v) is 3.75. The quantitative estimate of drug-likeness (QED) is 0.836.